The Labute approximate surface area is 118 Å². The third-order valence-electron chi connectivity index (χ3n) is 4.38. The highest BCUT2D eigenvalue weighted by molar-refractivity contribution is 5.76. The maximum atomic E-state index is 12.0. The molecule has 1 heterocycles. The van der Waals surface area contributed by atoms with Crippen LogP contribution < -0.4 is 0 Å². The van der Waals surface area contributed by atoms with Gasteiger partial charge in [-0.1, -0.05) is 33.1 Å². The summed E-state index contributed by atoms with van der Waals surface area (Å²) >= 11 is 0. The van der Waals surface area contributed by atoms with Gasteiger partial charge in [0.2, 0.25) is 5.91 Å². The fourth-order valence-corrected chi connectivity index (χ4v) is 2.89. The van der Waals surface area contributed by atoms with Gasteiger partial charge < -0.3 is 10.0 Å². The van der Waals surface area contributed by atoms with Crippen LogP contribution >= 0.6 is 0 Å². The van der Waals surface area contributed by atoms with Crippen molar-refractivity contribution in [3.63, 3.8) is 0 Å². The van der Waals surface area contributed by atoms with E-state index in [0.717, 1.165) is 57.0 Å². The highest BCUT2D eigenvalue weighted by Crippen LogP contribution is 2.24. The van der Waals surface area contributed by atoms with Crippen LogP contribution in [0.5, 0.6) is 0 Å². The van der Waals surface area contributed by atoms with E-state index in [1.165, 1.54) is 12.8 Å². The largest absolute Gasteiger partial charge is 0.396 e. The first-order chi connectivity index (χ1) is 9.15. The zero-order chi connectivity index (χ0) is 14.1. The van der Waals surface area contributed by atoms with Crippen molar-refractivity contribution in [1.82, 2.24) is 4.90 Å². The van der Waals surface area contributed by atoms with Gasteiger partial charge in [0, 0.05) is 26.1 Å². The van der Waals surface area contributed by atoms with Gasteiger partial charge >= 0.3 is 0 Å². The predicted octanol–water partition coefficient (Wildman–Crippen LogP) is 3.21. The van der Waals surface area contributed by atoms with Gasteiger partial charge in [-0.3, -0.25) is 4.79 Å². The molecule has 1 amide bonds. The number of likely N-dealkylation sites (tertiary alicyclic amines) is 1. The maximum Gasteiger partial charge on any atom is 0.222 e. The highest BCUT2D eigenvalue weighted by Gasteiger charge is 2.23. The Hall–Kier alpha value is -0.570. The lowest BCUT2D eigenvalue weighted by Crippen LogP contribution is -2.39. The Kier molecular flexibility index (Phi) is 8.11. The van der Waals surface area contributed by atoms with Crippen LogP contribution in [-0.2, 0) is 4.79 Å². The number of unbranched alkanes of at least 4 members (excludes halogenated alkanes) is 4. The van der Waals surface area contributed by atoms with Crippen LogP contribution in [0, 0.1) is 11.8 Å². The van der Waals surface area contributed by atoms with Crippen molar-refractivity contribution in [2.24, 2.45) is 11.8 Å². The summed E-state index contributed by atoms with van der Waals surface area (Å²) < 4.78 is 0. The van der Waals surface area contributed by atoms with E-state index in [2.05, 4.69) is 18.7 Å². The lowest BCUT2D eigenvalue weighted by molar-refractivity contribution is -0.132. The molecule has 0 spiro atoms. The van der Waals surface area contributed by atoms with Crippen molar-refractivity contribution >= 4 is 5.91 Å². The SMILES string of the molecule is CC(C)C1CCN(C(=O)CCCCCCCO)CC1. The van der Waals surface area contributed by atoms with Gasteiger partial charge in [-0.05, 0) is 37.5 Å². The van der Waals surface area contributed by atoms with Crippen molar-refractivity contribution in [3.8, 4) is 0 Å². The second kappa shape index (κ2) is 9.35. The molecule has 1 rings (SSSR count). The summed E-state index contributed by atoms with van der Waals surface area (Å²) in [6.45, 7) is 6.80. The average molecular weight is 269 g/mol. The molecule has 0 aromatic rings. The molecule has 1 aliphatic rings. The molecule has 0 atom stereocenters. The van der Waals surface area contributed by atoms with Crippen LogP contribution in [0.4, 0.5) is 0 Å². The molecule has 0 unspecified atom stereocenters. The number of amides is 1. The minimum Gasteiger partial charge on any atom is -0.396 e. The first kappa shape index (κ1) is 16.5. The number of nitrogens with zero attached hydrogens (tertiary/aromatic N) is 1. The summed E-state index contributed by atoms with van der Waals surface area (Å²) in [6, 6.07) is 0. The third-order valence-corrected chi connectivity index (χ3v) is 4.38. The summed E-state index contributed by atoms with van der Waals surface area (Å²) in [7, 11) is 0. The summed E-state index contributed by atoms with van der Waals surface area (Å²) in [5.41, 5.74) is 0. The molecule has 3 nitrogen and oxygen atoms in total. The number of hydrogen-bond acceptors (Lipinski definition) is 2. The number of aliphatic hydroxyl groups is 1. The highest BCUT2D eigenvalue weighted by atomic mass is 16.2. The molecule has 1 saturated heterocycles. The van der Waals surface area contributed by atoms with E-state index < -0.39 is 0 Å². The average Bonchev–Trinajstić information content (AvgIpc) is 2.42. The second-order valence-electron chi connectivity index (χ2n) is 6.20. The van der Waals surface area contributed by atoms with Crippen molar-refractivity contribution < 1.29 is 9.90 Å². The number of aliphatic hydroxyl groups excluding tert-OH is 1. The summed E-state index contributed by atoms with van der Waals surface area (Å²) in [5, 5.41) is 8.68. The smallest absolute Gasteiger partial charge is 0.222 e. The van der Waals surface area contributed by atoms with E-state index in [-0.39, 0.29) is 0 Å². The quantitative estimate of drug-likeness (QED) is 0.687. The molecule has 0 saturated carbocycles. The second-order valence-corrected chi connectivity index (χ2v) is 6.20. The van der Waals surface area contributed by atoms with E-state index >= 15 is 0 Å². The normalized spacial score (nSPS) is 17.2. The van der Waals surface area contributed by atoms with Crippen molar-refractivity contribution in [1.29, 1.82) is 0 Å². The molecule has 112 valence electrons. The lowest BCUT2D eigenvalue weighted by atomic mass is 9.86. The van der Waals surface area contributed by atoms with Gasteiger partial charge in [0.15, 0.2) is 0 Å². The molecule has 1 fully saturated rings. The summed E-state index contributed by atoms with van der Waals surface area (Å²) in [6.07, 6.45) is 8.33. The molecule has 19 heavy (non-hydrogen) atoms. The Morgan fingerprint density at radius 1 is 1.11 bits per heavy atom. The first-order valence-electron chi connectivity index (χ1n) is 8.03. The Balaban J connectivity index is 2.07. The third kappa shape index (κ3) is 6.42. The van der Waals surface area contributed by atoms with Crippen molar-refractivity contribution in [3.05, 3.63) is 0 Å². The zero-order valence-corrected chi connectivity index (χ0v) is 12.7. The molecule has 0 aromatic carbocycles. The minimum atomic E-state index is 0.295. The molecular weight excluding hydrogens is 238 g/mol. The predicted molar refractivity (Wildman–Crippen MR) is 78.9 cm³/mol. The summed E-state index contributed by atoms with van der Waals surface area (Å²) in [4.78, 5) is 14.1. The van der Waals surface area contributed by atoms with Gasteiger partial charge in [-0.25, -0.2) is 0 Å². The van der Waals surface area contributed by atoms with Crippen LogP contribution in [0.25, 0.3) is 0 Å². The van der Waals surface area contributed by atoms with Gasteiger partial charge in [-0.15, -0.1) is 0 Å². The van der Waals surface area contributed by atoms with Gasteiger partial charge in [0.1, 0.15) is 0 Å². The van der Waals surface area contributed by atoms with Crippen LogP contribution in [0.1, 0.15) is 65.2 Å². The monoisotopic (exact) mass is 269 g/mol. The van der Waals surface area contributed by atoms with E-state index in [9.17, 15) is 4.79 Å². The number of carbonyl (C=O) groups is 1. The standard InChI is InChI=1S/C16H31NO2/c1-14(2)15-9-11-17(12-10-15)16(19)8-6-4-3-5-7-13-18/h14-15,18H,3-13H2,1-2H3. The van der Waals surface area contributed by atoms with Gasteiger partial charge in [-0.2, -0.15) is 0 Å². The van der Waals surface area contributed by atoms with Crippen molar-refractivity contribution in [2.75, 3.05) is 19.7 Å². The molecule has 1 aliphatic heterocycles. The molecule has 3 heteroatoms. The van der Waals surface area contributed by atoms with Gasteiger partial charge in [0.05, 0.1) is 0 Å². The lowest BCUT2D eigenvalue weighted by Gasteiger charge is -2.34. The molecular formula is C16H31NO2. The number of piperidine rings is 1. The van der Waals surface area contributed by atoms with Crippen LogP contribution in [-0.4, -0.2) is 35.6 Å². The fraction of sp³-hybridized carbons (Fsp3) is 0.938. The van der Waals surface area contributed by atoms with Crippen LogP contribution in [0.2, 0.25) is 0 Å². The van der Waals surface area contributed by atoms with E-state index in [0.29, 0.717) is 18.9 Å². The molecule has 0 aliphatic carbocycles. The molecule has 0 bridgehead atoms. The van der Waals surface area contributed by atoms with Crippen LogP contribution in [0.3, 0.4) is 0 Å². The Morgan fingerprint density at radius 2 is 1.68 bits per heavy atom. The summed E-state index contributed by atoms with van der Waals surface area (Å²) in [5.74, 6) is 1.91. The Morgan fingerprint density at radius 3 is 2.26 bits per heavy atom. The number of hydrogen-bond donors (Lipinski definition) is 1. The van der Waals surface area contributed by atoms with E-state index in [4.69, 9.17) is 5.11 Å². The number of carbonyl (C=O) groups excluding carboxylic acids is 1. The van der Waals surface area contributed by atoms with Crippen molar-refractivity contribution in [2.45, 2.75) is 65.2 Å². The minimum absolute atomic E-state index is 0.295. The zero-order valence-electron chi connectivity index (χ0n) is 12.7. The Bertz CT molecular complexity index is 245. The van der Waals surface area contributed by atoms with E-state index in [1.807, 2.05) is 0 Å². The fourth-order valence-electron chi connectivity index (χ4n) is 2.89. The molecule has 1 N–H and O–H groups in total. The topological polar surface area (TPSA) is 40.5 Å². The van der Waals surface area contributed by atoms with Gasteiger partial charge in [0.25, 0.3) is 0 Å². The van der Waals surface area contributed by atoms with E-state index in [1.54, 1.807) is 0 Å². The molecule has 0 radical (unpaired) electrons. The maximum absolute atomic E-state index is 12.0. The first-order valence-corrected chi connectivity index (χ1v) is 8.03. The molecule has 0 aromatic heterocycles. The van der Waals surface area contributed by atoms with Crippen LogP contribution in [0.15, 0.2) is 0 Å². The number of rotatable bonds is 8.